The van der Waals surface area contributed by atoms with Crippen LogP contribution in [0.15, 0.2) is 24.5 Å². The molecule has 0 spiro atoms. The van der Waals surface area contributed by atoms with Gasteiger partial charge in [0, 0.05) is 25.2 Å². The van der Waals surface area contributed by atoms with Crippen molar-refractivity contribution in [3.8, 4) is 0 Å². The van der Waals surface area contributed by atoms with Crippen LogP contribution >= 0.6 is 0 Å². The highest BCUT2D eigenvalue weighted by Crippen LogP contribution is 2.06. The Kier molecular flexibility index (Phi) is 7.65. The normalized spacial score (nSPS) is 10.7. The molecule has 96 valence electrons. The molecule has 0 aliphatic carbocycles. The van der Waals surface area contributed by atoms with Crippen LogP contribution in [-0.2, 0) is 6.54 Å². The summed E-state index contributed by atoms with van der Waals surface area (Å²) < 4.78 is 2.26. The Hall–Kier alpha value is -0.890. The van der Waals surface area contributed by atoms with Crippen LogP contribution in [0, 0.1) is 6.92 Å². The minimum Gasteiger partial charge on any atom is -0.396 e. The molecule has 2 nitrogen and oxygen atoms in total. The van der Waals surface area contributed by atoms with Crippen LogP contribution in [0.25, 0.3) is 0 Å². The van der Waals surface area contributed by atoms with E-state index in [9.17, 15) is 0 Å². The summed E-state index contributed by atoms with van der Waals surface area (Å²) in [4.78, 5) is 0. The van der Waals surface area contributed by atoms with Crippen LogP contribution in [0.4, 0.5) is 0 Å². The summed E-state index contributed by atoms with van der Waals surface area (Å²) in [6.07, 6.45) is 13.0. The van der Waals surface area contributed by atoms with Gasteiger partial charge in [0.15, 0.2) is 12.4 Å². The van der Waals surface area contributed by atoms with Gasteiger partial charge in [-0.05, 0) is 25.3 Å². The molecule has 1 aromatic heterocycles. The second-order valence-corrected chi connectivity index (χ2v) is 4.81. The van der Waals surface area contributed by atoms with Crippen molar-refractivity contribution in [1.29, 1.82) is 0 Å². The van der Waals surface area contributed by atoms with Gasteiger partial charge in [-0.1, -0.05) is 25.7 Å². The lowest BCUT2D eigenvalue weighted by molar-refractivity contribution is -0.697. The van der Waals surface area contributed by atoms with Gasteiger partial charge >= 0.3 is 0 Å². The molecule has 0 aliphatic rings. The van der Waals surface area contributed by atoms with E-state index < -0.39 is 0 Å². The highest BCUT2D eigenvalue weighted by Gasteiger charge is 1.98. The van der Waals surface area contributed by atoms with Gasteiger partial charge in [0.05, 0.1) is 0 Å². The number of aliphatic hydroxyl groups is 1. The Labute approximate surface area is 105 Å². The van der Waals surface area contributed by atoms with E-state index in [-0.39, 0.29) is 0 Å². The van der Waals surface area contributed by atoms with Crippen molar-refractivity contribution in [2.75, 3.05) is 6.61 Å². The molecular formula is C15H26NO+. The number of aliphatic hydroxyl groups excluding tert-OH is 1. The fraction of sp³-hybridized carbons (Fsp3) is 0.667. The molecule has 0 fully saturated rings. The van der Waals surface area contributed by atoms with Gasteiger partial charge in [0.1, 0.15) is 6.54 Å². The average molecular weight is 236 g/mol. The Balaban J connectivity index is 1.95. The van der Waals surface area contributed by atoms with E-state index in [1.54, 1.807) is 0 Å². The van der Waals surface area contributed by atoms with Crippen molar-refractivity contribution >= 4 is 0 Å². The summed E-state index contributed by atoms with van der Waals surface area (Å²) in [5.74, 6) is 0. The van der Waals surface area contributed by atoms with Gasteiger partial charge in [-0.25, -0.2) is 4.57 Å². The third kappa shape index (κ3) is 7.11. The van der Waals surface area contributed by atoms with Gasteiger partial charge in [0.25, 0.3) is 0 Å². The Morgan fingerprint density at radius 3 is 2.00 bits per heavy atom. The van der Waals surface area contributed by atoms with Gasteiger partial charge < -0.3 is 5.11 Å². The maximum Gasteiger partial charge on any atom is 0.169 e. The smallest absolute Gasteiger partial charge is 0.169 e. The zero-order valence-corrected chi connectivity index (χ0v) is 11.1. The van der Waals surface area contributed by atoms with Crippen LogP contribution in [0.1, 0.15) is 50.5 Å². The number of unbranched alkanes of at least 4 members (excludes halogenated alkanes) is 6. The third-order valence-corrected chi connectivity index (χ3v) is 3.13. The molecule has 0 saturated carbocycles. The quantitative estimate of drug-likeness (QED) is 0.517. The predicted molar refractivity (Wildman–Crippen MR) is 70.8 cm³/mol. The van der Waals surface area contributed by atoms with Crippen molar-refractivity contribution in [3.05, 3.63) is 30.1 Å². The second kappa shape index (κ2) is 9.17. The first kappa shape index (κ1) is 14.2. The molecule has 0 aromatic carbocycles. The van der Waals surface area contributed by atoms with Crippen molar-refractivity contribution in [2.24, 2.45) is 0 Å². The minimum absolute atomic E-state index is 0.351. The molecule has 1 N–H and O–H groups in total. The highest BCUT2D eigenvalue weighted by atomic mass is 16.2. The summed E-state index contributed by atoms with van der Waals surface area (Å²) in [6.45, 7) is 3.61. The standard InChI is InChI=1S/C15H26NO/c1-15-9-12-16(13-10-15)11-7-5-3-2-4-6-8-14-17/h9-10,12-13,17H,2-8,11,14H2,1H3/q+1. The number of rotatable bonds is 9. The molecule has 0 unspecified atom stereocenters. The van der Waals surface area contributed by atoms with Crippen LogP contribution < -0.4 is 4.57 Å². The maximum atomic E-state index is 8.65. The van der Waals surface area contributed by atoms with E-state index in [0.717, 1.165) is 13.0 Å². The van der Waals surface area contributed by atoms with Crippen molar-refractivity contribution in [1.82, 2.24) is 0 Å². The summed E-state index contributed by atoms with van der Waals surface area (Å²) in [6, 6.07) is 4.32. The second-order valence-electron chi connectivity index (χ2n) is 4.81. The van der Waals surface area contributed by atoms with E-state index in [1.807, 2.05) is 0 Å². The zero-order chi connectivity index (χ0) is 12.3. The predicted octanol–water partition coefficient (Wildman–Crippen LogP) is 3.01. The van der Waals surface area contributed by atoms with Gasteiger partial charge in [0.2, 0.25) is 0 Å². The number of pyridine rings is 1. The number of nitrogens with zero attached hydrogens (tertiary/aromatic N) is 1. The van der Waals surface area contributed by atoms with E-state index in [2.05, 4.69) is 36.0 Å². The van der Waals surface area contributed by atoms with E-state index in [4.69, 9.17) is 5.11 Å². The van der Waals surface area contributed by atoms with Crippen LogP contribution in [-0.4, -0.2) is 11.7 Å². The lowest BCUT2D eigenvalue weighted by Gasteiger charge is -2.00. The third-order valence-electron chi connectivity index (χ3n) is 3.13. The van der Waals surface area contributed by atoms with Crippen LogP contribution in [0.2, 0.25) is 0 Å². The van der Waals surface area contributed by atoms with E-state index in [0.29, 0.717) is 6.61 Å². The fourth-order valence-corrected chi connectivity index (χ4v) is 1.97. The Bertz CT molecular complexity index is 281. The van der Waals surface area contributed by atoms with Crippen LogP contribution in [0.5, 0.6) is 0 Å². The largest absolute Gasteiger partial charge is 0.396 e. The molecule has 0 atom stereocenters. The maximum absolute atomic E-state index is 8.65. The molecule has 1 aromatic rings. The van der Waals surface area contributed by atoms with Gasteiger partial charge in [-0.3, -0.25) is 0 Å². The number of hydrogen-bond donors (Lipinski definition) is 1. The highest BCUT2D eigenvalue weighted by molar-refractivity contribution is 5.03. The summed E-state index contributed by atoms with van der Waals surface area (Å²) in [5.41, 5.74) is 1.32. The molecule has 1 rings (SSSR count). The van der Waals surface area contributed by atoms with Crippen molar-refractivity contribution in [2.45, 2.75) is 58.4 Å². The SMILES string of the molecule is Cc1cc[n+](CCCCCCCCCO)cc1. The molecule has 0 amide bonds. The Morgan fingerprint density at radius 1 is 0.882 bits per heavy atom. The van der Waals surface area contributed by atoms with E-state index in [1.165, 1.54) is 44.1 Å². The average Bonchev–Trinajstić information content (AvgIpc) is 2.35. The first-order chi connectivity index (χ1) is 8.33. The topological polar surface area (TPSA) is 24.1 Å². The zero-order valence-electron chi connectivity index (χ0n) is 11.1. The molecule has 1 heterocycles. The number of aryl methyl sites for hydroxylation is 2. The van der Waals surface area contributed by atoms with Gasteiger partial charge in [-0.2, -0.15) is 0 Å². The van der Waals surface area contributed by atoms with Crippen molar-refractivity contribution in [3.63, 3.8) is 0 Å². The lowest BCUT2D eigenvalue weighted by atomic mass is 10.1. The first-order valence-electron chi connectivity index (χ1n) is 6.89. The molecule has 0 saturated heterocycles. The summed E-state index contributed by atoms with van der Waals surface area (Å²) >= 11 is 0. The van der Waals surface area contributed by atoms with Gasteiger partial charge in [-0.15, -0.1) is 0 Å². The number of hydrogen-bond acceptors (Lipinski definition) is 1. The summed E-state index contributed by atoms with van der Waals surface area (Å²) in [5, 5.41) is 8.65. The molecule has 2 heteroatoms. The lowest BCUT2D eigenvalue weighted by Crippen LogP contribution is -2.32. The monoisotopic (exact) mass is 236 g/mol. The number of aromatic nitrogens is 1. The fourth-order valence-electron chi connectivity index (χ4n) is 1.97. The summed E-state index contributed by atoms with van der Waals surface area (Å²) in [7, 11) is 0. The first-order valence-corrected chi connectivity index (χ1v) is 6.89. The molecule has 0 bridgehead atoms. The van der Waals surface area contributed by atoms with Crippen LogP contribution in [0.3, 0.4) is 0 Å². The molecule has 17 heavy (non-hydrogen) atoms. The molecule has 0 aliphatic heterocycles. The van der Waals surface area contributed by atoms with Crippen molar-refractivity contribution < 1.29 is 9.67 Å². The van der Waals surface area contributed by atoms with E-state index >= 15 is 0 Å². The minimum atomic E-state index is 0.351. The molecular weight excluding hydrogens is 210 g/mol. The Morgan fingerprint density at radius 2 is 1.41 bits per heavy atom. The molecule has 0 radical (unpaired) electrons.